The van der Waals surface area contributed by atoms with Crippen LogP contribution in [0.5, 0.6) is 5.75 Å². The van der Waals surface area contributed by atoms with E-state index < -0.39 is 0 Å². The van der Waals surface area contributed by atoms with Crippen molar-refractivity contribution in [2.75, 3.05) is 6.61 Å². The second-order valence-corrected chi connectivity index (χ2v) is 9.21. The van der Waals surface area contributed by atoms with Crippen molar-refractivity contribution in [2.45, 2.75) is 60.0 Å². The monoisotopic (exact) mass is 420 g/mol. The van der Waals surface area contributed by atoms with E-state index in [1.807, 2.05) is 13.0 Å². The minimum atomic E-state index is 0.205. The predicted molar refractivity (Wildman–Crippen MR) is 96.8 cm³/mol. The topological polar surface area (TPSA) is 25.8 Å². The molecule has 0 aliphatic carbocycles. The molecule has 0 bridgehead atoms. The van der Waals surface area contributed by atoms with Crippen molar-refractivity contribution < 1.29 is 10.1 Å². The highest BCUT2D eigenvalue weighted by molar-refractivity contribution is 9.11. The Morgan fingerprint density at radius 1 is 1.10 bits per heavy atom. The average Bonchev–Trinajstić information content (AvgIpc) is 2.27. The van der Waals surface area contributed by atoms with Crippen LogP contribution in [-0.2, 0) is 6.54 Å². The SMILES string of the molecule is CCOc1c(Br)cc(Br)cc1C[NH2+]C(C)(C)CC(C)(C)C. The van der Waals surface area contributed by atoms with Crippen molar-refractivity contribution in [3.8, 4) is 5.75 Å². The van der Waals surface area contributed by atoms with Crippen LogP contribution in [0.2, 0.25) is 0 Å². The molecule has 2 nitrogen and oxygen atoms in total. The Hall–Kier alpha value is -0.0600. The molecule has 1 aromatic rings. The molecule has 0 atom stereocenters. The lowest BCUT2D eigenvalue weighted by Crippen LogP contribution is -2.94. The third-order valence-corrected chi connectivity index (χ3v) is 4.28. The summed E-state index contributed by atoms with van der Waals surface area (Å²) in [5, 5.41) is 2.41. The molecule has 0 radical (unpaired) electrons. The third-order valence-electron chi connectivity index (χ3n) is 3.23. The fourth-order valence-electron chi connectivity index (χ4n) is 2.90. The molecule has 120 valence electrons. The number of nitrogens with two attached hydrogens (primary N) is 1. The fraction of sp³-hybridized carbons (Fsp3) is 0.647. The number of hydrogen-bond donors (Lipinski definition) is 1. The molecule has 0 aromatic heterocycles. The number of rotatable bonds is 6. The summed E-state index contributed by atoms with van der Waals surface area (Å²) in [5.74, 6) is 0.962. The van der Waals surface area contributed by atoms with Gasteiger partial charge in [0.1, 0.15) is 12.3 Å². The van der Waals surface area contributed by atoms with Crippen LogP contribution in [0, 0.1) is 5.41 Å². The second-order valence-electron chi connectivity index (χ2n) is 7.44. The zero-order valence-electron chi connectivity index (χ0n) is 14.0. The van der Waals surface area contributed by atoms with Gasteiger partial charge in [0, 0.05) is 10.9 Å². The van der Waals surface area contributed by atoms with Crippen LogP contribution in [0.4, 0.5) is 0 Å². The predicted octanol–water partition coefficient (Wildman–Crippen LogP) is 4.89. The van der Waals surface area contributed by atoms with Crippen molar-refractivity contribution in [1.29, 1.82) is 0 Å². The molecule has 0 spiro atoms. The molecular formula is C17H28Br2NO+. The largest absolute Gasteiger partial charge is 0.492 e. The Labute approximate surface area is 146 Å². The van der Waals surface area contributed by atoms with Gasteiger partial charge in [0.2, 0.25) is 0 Å². The molecule has 4 heteroatoms. The molecule has 0 saturated carbocycles. The summed E-state index contributed by atoms with van der Waals surface area (Å²) in [5.41, 5.74) is 1.76. The molecule has 0 aliphatic heterocycles. The first-order valence-corrected chi connectivity index (χ1v) is 9.08. The minimum Gasteiger partial charge on any atom is -0.492 e. The van der Waals surface area contributed by atoms with E-state index in [2.05, 4.69) is 77.9 Å². The third kappa shape index (κ3) is 6.70. The highest BCUT2D eigenvalue weighted by Gasteiger charge is 2.28. The smallest absolute Gasteiger partial charge is 0.142 e. The maximum Gasteiger partial charge on any atom is 0.142 e. The quantitative estimate of drug-likeness (QED) is 0.695. The summed E-state index contributed by atoms with van der Waals surface area (Å²) in [7, 11) is 0. The number of halogens is 2. The molecule has 2 N–H and O–H groups in total. The summed E-state index contributed by atoms with van der Waals surface area (Å²) >= 11 is 7.17. The van der Waals surface area contributed by atoms with Crippen molar-refractivity contribution in [3.63, 3.8) is 0 Å². The second kappa shape index (κ2) is 7.47. The molecule has 1 rings (SSSR count). The van der Waals surface area contributed by atoms with Gasteiger partial charge in [-0.1, -0.05) is 36.7 Å². The van der Waals surface area contributed by atoms with Crippen LogP contribution in [-0.4, -0.2) is 12.1 Å². The maximum atomic E-state index is 5.80. The highest BCUT2D eigenvalue weighted by Crippen LogP contribution is 2.33. The zero-order chi connectivity index (χ0) is 16.3. The molecule has 0 fully saturated rings. The van der Waals surface area contributed by atoms with E-state index in [0.717, 1.165) is 21.2 Å². The summed E-state index contributed by atoms with van der Waals surface area (Å²) in [6, 6.07) is 4.19. The lowest BCUT2D eigenvalue weighted by atomic mass is 9.82. The molecule has 0 unspecified atom stereocenters. The molecular weight excluding hydrogens is 394 g/mol. The van der Waals surface area contributed by atoms with Crippen LogP contribution < -0.4 is 10.1 Å². The van der Waals surface area contributed by atoms with Crippen LogP contribution in [0.25, 0.3) is 0 Å². The van der Waals surface area contributed by atoms with Gasteiger partial charge in [-0.2, -0.15) is 0 Å². The Balaban J connectivity index is 2.88. The van der Waals surface area contributed by atoms with Gasteiger partial charge in [-0.05, 0) is 54.2 Å². The van der Waals surface area contributed by atoms with E-state index in [0.29, 0.717) is 12.0 Å². The van der Waals surface area contributed by atoms with Gasteiger partial charge in [0.25, 0.3) is 0 Å². The normalized spacial score (nSPS) is 12.6. The Kier molecular flexibility index (Phi) is 6.76. The van der Waals surface area contributed by atoms with Gasteiger partial charge in [-0.25, -0.2) is 0 Å². The Morgan fingerprint density at radius 3 is 2.24 bits per heavy atom. The number of ether oxygens (including phenoxy) is 1. The maximum absolute atomic E-state index is 5.80. The van der Waals surface area contributed by atoms with Gasteiger partial charge in [0.05, 0.1) is 22.2 Å². The lowest BCUT2D eigenvalue weighted by molar-refractivity contribution is -0.737. The van der Waals surface area contributed by atoms with E-state index in [-0.39, 0.29) is 5.54 Å². The van der Waals surface area contributed by atoms with Crippen LogP contribution in [0.15, 0.2) is 21.1 Å². The Morgan fingerprint density at radius 2 is 1.71 bits per heavy atom. The van der Waals surface area contributed by atoms with E-state index in [9.17, 15) is 0 Å². The summed E-state index contributed by atoms with van der Waals surface area (Å²) in [4.78, 5) is 0. The molecule has 0 heterocycles. The van der Waals surface area contributed by atoms with Crippen molar-refractivity contribution >= 4 is 31.9 Å². The molecule has 21 heavy (non-hydrogen) atoms. The average molecular weight is 422 g/mol. The number of hydrogen-bond acceptors (Lipinski definition) is 1. The summed E-state index contributed by atoms with van der Waals surface area (Å²) in [6.07, 6.45) is 1.17. The van der Waals surface area contributed by atoms with Crippen LogP contribution in [0.1, 0.15) is 53.5 Å². The molecule has 0 saturated heterocycles. The van der Waals surface area contributed by atoms with Gasteiger partial charge in [0.15, 0.2) is 0 Å². The number of quaternary nitrogens is 1. The van der Waals surface area contributed by atoms with E-state index in [1.54, 1.807) is 0 Å². The first-order chi connectivity index (χ1) is 9.54. The van der Waals surface area contributed by atoms with Crippen LogP contribution in [0.3, 0.4) is 0 Å². The standard InChI is InChI=1S/C17H27Br2NO/c1-7-21-15-12(8-13(18)9-14(15)19)10-20-17(5,6)11-16(2,3)4/h8-9,20H,7,10-11H2,1-6H3/p+1. The molecule has 0 amide bonds. The first kappa shape index (κ1) is 19.0. The first-order valence-electron chi connectivity index (χ1n) is 7.49. The van der Waals surface area contributed by atoms with Gasteiger partial charge in [-0.15, -0.1) is 0 Å². The van der Waals surface area contributed by atoms with Crippen LogP contribution >= 0.6 is 31.9 Å². The number of benzene rings is 1. The Bertz CT molecular complexity index is 478. The van der Waals surface area contributed by atoms with Gasteiger partial charge >= 0.3 is 0 Å². The van der Waals surface area contributed by atoms with Gasteiger partial charge in [-0.3, -0.25) is 0 Å². The van der Waals surface area contributed by atoms with E-state index in [1.165, 1.54) is 12.0 Å². The van der Waals surface area contributed by atoms with E-state index in [4.69, 9.17) is 4.74 Å². The van der Waals surface area contributed by atoms with Crippen molar-refractivity contribution in [1.82, 2.24) is 0 Å². The summed E-state index contributed by atoms with van der Waals surface area (Å²) in [6.45, 7) is 15.1. The molecule has 1 aromatic carbocycles. The van der Waals surface area contributed by atoms with Crippen molar-refractivity contribution in [2.24, 2.45) is 5.41 Å². The van der Waals surface area contributed by atoms with Crippen molar-refractivity contribution in [3.05, 3.63) is 26.6 Å². The lowest BCUT2D eigenvalue weighted by Gasteiger charge is -2.30. The molecule has 0 aliphatic rings. The van der Waals surface area contributed by atoms with E-state index >= 15 is 0 Å². The zero-order valence-corrected chi connectivity index (χ0v) is 17.2. The van der Waals surface area contributed by atoms with Gasteiger partial charge < -0.3 is 10.1 Å². The summed E-state index contributed by atoms with van der Waals surface area (Å²) < 4.78 is 7.89. The minimum absolute atomic E-state index is 0.205. The highest BCUT2D eigenvalue weighted by atomic mass is 79.9. The fourth-order valence-corrected chi connectivity index (χ4v) is 4.32.